The van der Waals surface area contributed by atoms with Crippen LogP contribution in [-0.2, 0) is 14.3 Å². The molecule has 0 bridgehead atoms. The predicted octanol–water partition coefficient (Wildman–Crippen LogP) is 4.10. The quantitative estimate of drug-likeness (QED) is 0.255. The van der Waals surface area contributed by atoms with Crippen LogP contribution in [0.15, 0.2) is 24.3 Å². The first-order valence-corrected chi connectivity index (χ1v) is 11.8. The van der Waals surface area contributed by atoms with Gasteiger partial charge in [0.15, 0.2) is 6.04 Å². The normalized spacial score (nSPS) is 13.7. The van der Waals surface area contributed by atoms with Gasteiger partial charge in [-0.1, -0.05) is 64.7 Å². The Morgan fingerprint density at radius 2 is 1.82 bits per heavy atom. The Morgan fingerprint density at radius 3 is 2.35 bits per heavy atom. The molecular weight excluding hydrogens is 434 g/mol. The van der Waals surface area contributed by atoms with Gasteiger partial charge in [0.1, 0.15) is 17.4 Å². The first-order valence-electron chi connectivity index (χ1n) is 11.8. The molecular formula is C26H39N3O5. The van der Waals surface area contributed by atoms with Gasteiger partial charge in [-0.2, -0.15) is 0 Å². The fourth-order valence-corrected chi connectivity index (χ4v) is 3.33. The number of carbonyl (C=O) groups excluding carboxylic acids is 3. The van der Waals surface area contributed by atoms with Crippen LogP contribution < -0.4 is 10.6 Å². The molecule has 188 valence electrons. The van der Waals surface area contributed by atoms with Crippen molar-refractivity contribution in [1.29, 1.82) is 0 Å². The van der Waals surface area contributed by atoms with Gasteiger partial charge >= 0.3 is 6.09 Å². The van der Waals surface area contributed by atoms with Crippen molar-refractivity contribution >= 4 is 17.9 Å². The number of unbranched alkanes of at least 4 members (excludes halogenated alkanes) is 2. The average Bonchev–Trinajstić information content (AvgIpc) is 2.77. The highest BCUT2D eigenvalue weighted by molar-refractivity contribution is 5.93. The van der Waals surface area contributed by atoms with Crippen molar-refractivity contribution in [3.8, 4) is 18.2 Å². The topological polar surface area (TPSA) is 108 Å². The van der Waals surface area contributed by atoms with Gasteiger partial charge in [0.05, 0.1) is 0 Å². The molecule has 0 aromatic heterocycles. The highest BCUT2D eigenvalue weighted by Gasteiger charge is 2.38. The van der Waals surface area contributed by atoms with E-state index < -0.39 is 35.6 Å². The summed E-state index contributed by atoms with van der Waals surface area (Å²) in [5.74, 6) is -1.61. The number of rotatable bonds is 11. The number of nitrogens with one attached hydrogen (secondary N) is 2. The number of alkyl carbamates (subject to hydrolysis) is 1. The van der Waals surface area contributed by atoms with Crippen molar-refractivity contribution in [3.05, 3.63) is 29.8 Å². The molecule has 3 unspecified atom stereocenters. The predicted molar refractivity (Wildman–Crippen MR) is 132 cm³/mol. The monoisotopic (exact) mass is 473 g/mol. The first-order chi connectivity index (χ1) is 16.0. The minimum atomic E-state index is -1.27. The zero-order valence-electron chi connectivity index (χ0n) is 21.2. The number of benzene rings is 1. The van der Waals surface area contributed by atoms with E-state index in [1.54, 1.807) is 45.9 Å². The summed E-state index contributed by atoms with van der Waals surface area (Å²) in [7, 11) is 0. The molecule has 0 radical (unpaired) electrons. The maximum Gasteiger partial charge on any atom is 0.408 e. The second-order valence-corrected chi connectivity index (χ2v) is 9.31. The lowest BCUT2D eigenvalue weighted by Crippen LogP contribution is -2.54. The third-order valence-corrected chi connectivity index (χ3v) is 5.35. The van der Waals surface area contributed by atoms with Gasteiger partial charge in [0.2, 0.25) is 5.91 Å². The fourth-order valence-electron chi connectivity index (χ4n) is 3.33. The zero-order chi connectivity index (χ0) is 25.9. The summed E-state index contributed by atoms with van der Waals surface area (Å²) in [5, 5.41) is 15.9. The average molecular weight is 474 g/mol. The first kappa shape index (κ1) is 28.8. The maximum absolute atomic E-state index is 13.6. The summed E-state index contributed by atoms with van der Waals surface area (Å²) in [6, 6.07) is 6.25. The van der Waals surface area contributed by atoms with Gasteiger partial charge in [0, 0.05) is 18.2 Å². The van der Waals surface area contributed by atoms with Gasteiger partial charge < -0.3 is 20.5 Å². The molecule has 0 fully saturated rings. The number of terminal acetylenes is 1. The number of amides is 3. The number of ether oxygens (including phenoxy) is 1. The number of nitrogens with zero attached hydrogens (tertiary/aromatic N) is 1. The molecule has 1 rings (SSSR count). The van der Waals surface area contributed by atoms with Crippen LogP contribution in [0.4, 0.5) is 4.79 Å². The molecule has 3 atom stereocenters. The van der Waals surface area contributed by atoms with Crippen molar-refractivity contribution in [3.63, 3.8) is 0 Å². The van der Waals surface area contributed by atoms with E-state index in [-0.39, 0.29) is 17.2 Å². The summed E-state index contributed by atoms with van der Waals surface area (Å²) in [6.07, 6.45) is 8.24. The van der Waals surface area contributed by atoms with E-state index >= 15 is 0 Å². The second kappa shape index (κ2) is 13.5. The summed E-state index contributed by atoms with van der Waals surface area (Å²) < 4.78 is 5.32. The van der Waals surface area contributed by atoms with E-state index in [4.69, 9.17) is 11.2 Å². The molecule has 1 aromatic carbocycles. The zero-order valence-corrected chi connectivity index (χ0v) is 21.2. The molecule has 8 heteroatoms. The number of phenolic OH excluding ortho intramolecular Hbond substituents is 1. The third kappa shape index (κ3) is 8.62. The smallest absolute Gasteiger partial charge is 0.408 e. The van der Waals surface area contributed by atoms with Crippen molar-refractivity contribution in [2.45, 2.75) is 84.9 Å². The lowest BCUT2D eigenvalue weighted by molar-refractivity contribution is -0.139. The lowest BCUT2D eigenvalue weighted by Gasteiger charge is -2.32. The van der Waals surface area contributed by atoms with Crippen LogP contribution in [0.2, 0.25) is 0 Å². The van der Waals surface area contributed by atoms with Crippen LogP contribution in [0.25, 0.3) is 0 Å². The second-order valence-electron chi connectivity index (χ2n) is 9.31. The van der Waals surface area contributed by atoms with Crippen LogP contribution in [0.1, 0.15) is 78.8 Å². The van der Waals surface area contributed by atoms with Gasteiger partial charge in [0.25, 0.3) is 5.91 Å². The van der Waals surface area contributed by atoms with Gasteiger partial charge in [-0.15, -0.1) is 0 Å². The molecule has 0 saturated heterocycles. The summed E-state index contributed by atoms with van der Waals surface area (Å²) in [4.78, 5) is 40.2. The van der Waals surface area contributed by atoms with Crippen molar-refractivity contribution in [2.24, 2.45) is 5.92 Å². The highest BCUT2D eigenvalue weighted by atomic mass is 16.6. The van der Waals surface area contributed by atoms with Crippen LogP contribution in [0.3, 0.4) is 0 Å². The number of hydrogen-bond donors (Lipinski definition) is 3. The molecule has 0 spiro atoms. The Kier molecular flexibility index (Phi) is 11.4. The highest BCUT2D eigenvalue weighted by Crippen LogP contribution is 2.30. The Balaban J connectivity index is 3.33. The molecule has 0 heterocycles. The molecule has 34 heavy (non-hydrogen) atoms. The Morgan fingerprint density at radius 1 is 1.18 bits per heavy atom. The maximum atomic E-state index is 13.6. The van der Waals surface area contributed by atoms with Crippen molar-refractivity contribution < 1.29 is 24.2 Å². The van der Waals surface area contributed by atoms with Crippen LogP contribution in [0.5, 0.6) is 5.75 Å². The van der Waals surface area contributed by atoms with Crippen molar-refractivity contribution in [2.75, 3.05) is 6.54 Å². The minimum absolute atomic E-state index is 0.163. The largest absolute Gasteiger partial charge is 0.508 e. The van der Waals surface area contributed by atoms with Crippen LogP contribution >= 0.6 is 0 Å². The Labute approximate surface area is 203 Å². The fraction of sp³-hybridized carbons (Fsp3) is 0.577. The number of carbonyl (C=O) groups is 3. The van der Waals surface area contributed by atoms with E-state index in [9.17, 15) is 19.5 Å². The molecule has 1 aromatic rings. The molecule has 0 aliphatic rings. The van der Waals surface area contributed by atoms with E-state index in [0.717, 1.165) is 24.2 Å². The lowest BCUT2D eigenvalue weighted by atomic mass is 9.96. The van der Waals surface area contributed by atoms with Gasteiger partial charge in [-0.25, -0.2) is 4.79 Å². The number of para-hydroxylation sites is 1. The number of aromatic hydroxyl groups is 1. The summed E-state index contributed by atoms with van der Waals surface area (Å²) >= 11 is 0. The molecule has 3 N–H and O–H groups in total. The van der Waals surface area contributed by atoms with Crippen molar-refractivity contribution in [1.82, 2.24) is 15.5 Å². The summed E-state index contributed by atoms with van der Waals surface area (Å²) in [6.45, 7) is 11.3. The van der Waals surface area contributed by atoms with E-state index in [0.29, 0.717) is 13.0 Å². The standard InChI is InChI=1S/C26H39N3O5/c1-8-11-14-17-27-23(31)22(19-15-12-13-16-20(19)30)29(10-3)24(32)21(18(4)9-2)28-25(33)34-26(5,6)7/h3,12-13,15-16,18,21-22,30H,8-9,11,14,17H2,1-2,4-7H3,(H,27,31)(H,28,33). The Hall–Kier alpha value is -3.21. The summed E-state index contributed by atoms with van der Waals surface area (Å²) in [5.41, 5.74) is -0.558. The van der Waals surface area contributed by atoms with Crippen LogP contribution in [0, 0.1) is 18.4 Å². The third-order valence-electron chi connectivity index (χ3n) is 5.35. The number of hydrogen-bond acceptors (Lipinski definition) is 5. The van der Waals surface area contributed by atoms with Crippen LogP contribution in [-0.4, -0.2) is 46.1 Å². The minimum Gasteiger partial charge on any atom is -0.508 e. The van der Waals surface area contributed by atoms with E-state index in [1.165, 1.54) is 6.07 Å². The number of phenols is 1. The van der Waals surface area contributed by atoms with E-state index in [2.05, 4.69) is 23.6 Å². The Bertz CT molecular complexity index is 872. The molecule has 8 nitrogen and oxygen atoms in total. The molecule has 3 amide bonds. The van der Waals surface area contributed by atoms with E-state index in [1.807, 2.05) is 6.92 Å². The van der Waals surface area contributed by atoms with Gasteiger partial charge in [-0.05, 0) is 39.2 Å². The molecule has 0 aliphatic heterocycles. The SMILES string of the molecule is C#CN(C(=O)C(NC(=O)OC(C)(C)C)C(C)CC)C(C(=O)NCCCCC)c1ccccc1O. The molecule has 0 aliphatic carbocycles. The molecule has 0 saturated carbocycles. The van der Waals surface area contributed by atoms with Gasteiger partial charge in [-0.3, -0.25) is 14.5 Å².